The first-order chi connectivity index (χ1) is 12.1. The molecule has 0 saturated heterocycles. The first-order valence-corrected chi connectivity index (χ1v) is 9.75. The van der Waals surface area contributed by atoms with Gasteiger partial charge in [0.15, 0.2) is 5.58 Å². The number of aromatic carboxylic acids is 1. The van der Waals surface area contributed by atoms with Crippen LogP contribution in [0.2, 0.25) is 0 Å². The molecule has 4 nitrogen and oxygen atoms in total. The maximum atomic E-state index is 11.3. The fourth-order valence-electron chi connectivity index (χ4n) is 3.61. The van der Waals surface area contributed by atoms with E-state index in [9.17, 15) is 9.90 Å². The average molecular weight is 360 g/mol. The molecule has 4 heteroatoms. The van der Waals surface area contributed by atoms with Crippen molar-refractivity contribution in [2.24, 2.45) is 5.41 Å². The van der Waals surface area contributed by atoms with Crippen molar-refractivity contribution in [1.82, 2.24) is 4.98 Å². The van der Waals surface area contributed by atoms with Crippen LogP contribution in [-0.4, -0.2) is 16.1 Å². The first-order valence-electron chi connectivity index (χ1n) is 9.75. The SMILES string of the molecule is CC.CC1(C)CCC(c2cc(C(C)(C)C)c3oc(C(=O)O)cc3n2)CC1. The van der Waals surface area contributed by atoms with Crippen LogP contribution in [0.25, 0.3) is 11.1 Å². The van der Waals surface area contributed by atoms with E-state index in [1.807, 2.05) is 13.8 Å². The second-order valence-electron chi connectivity index (χ2n) is 8.91. The van der Waals surface area contributed by atoms with Crippen LogP contribution in [0.3, 0.4) is 0 Å². The van der Waals surface area contributed by atoms with Crippen LogP contribution in [0, 0.1) is 5.41 Å². The van der Waals surface area contributed by atoms with E-state index in [1.54, 1.807) is 6.07 Å². The Balaban J connectivity index is 0.00000117. The van der Waals surface area contributed by atoms with Crippen LogP contribution in [0.5, 0.6) is 0 Å². The molecule has 144 valence electrons. The zero-order valence-corrected chi connectivity index (χ0v) is 17.3. The van der Waals surface area contributed by atoms with Crippen molar-refractivity contribution in [3.8, 4) is 0 Å². The Labute approximate surface area is 157 Å². The summed E-state index contributed by atoms with van der Waals surface area (Å²) < 4.78 is 5.60. The minimum atomic E-state index is -1.05. The Hall–Kier alpha value is -1.84. The van der Waals surface area contributed by atoms with Gasteiger partial charge in [-0.3, -0.25) is 0 Å². The molecule has 1 fully saturated rings. The summed E-state index contributed by atoms with van der Waals surface area (Å²) in [5, 5.41) is 9.23. The molecule has 0 aliphatic heterocycles. The molecule has 2 heterocycles. The van der Waals surface area contributed by atoms with Gasteiger partial charge in [0.25, 0.3) is 0 Å². The summed E-state index contributed by atoms with van der Waals surface area (Å²) in [7, 11) is 0. The summed E-state index contributed by atoms with van der Waals surface area (Å²) in [5.41, 5.74) is 3.69. The fraction of sp³-hybridized carbons (Fsp3) is 0.636. The quantitative estimate of drug-likeness (QED) is 0.661. The third kappa shape index (κ3) is 4.28. The third-order valence-corrected chi connectivity index (χ3v) is 5.28. The van der Waals surface area contributed by atoms with E-state index in [4.69, 9.17) is 9.40 Å². The maximum Gasteiger partial charge on any atom is 0.371 e. The van der Waals surface area contributed by atoms with Gasteiger partial charge in [0.05, 0.1) is 0 Å². The first kappa shape index (κ1) is 20.5. The predicted molar refractivity (Wildman–Crippen MR) is 106 cm³/mol. The van der Waals surface area contributed by atoms with Crippen LogP contribution in [-0.2, 0) is 5.41 Å². The van der Waals surface area contributed by atoms with Gasteiger partial charge in [-0.25, -0.2) is 9.78 Å². The Morgan fingerprint density at radius 2 is 1.77 bits per heavy atom. The lowest BCUT2D eigenvalue weighted by Gasteiger charge is -2.34. The van der Waals surface area contributed by atoms with E-state index < -0.39 is 5.97 Å². The summed E-state index contributed by atoms with van der Waals surface area (Å²) in [6.45, 7) is 15.0. The number of pyridine rings is 1. The minimum absolute atomic E-state index is 0.0371. The summed E-state index contributed by atoms with van der Waals surface area (Å²) in [4.78, 5) is 16.0. The zero-order valence-electron chi connectivity index (χ0n) is 17.3. The number of aromatic nitrogens is 1. The van der Waals surface area contributed by atoms with E-state index in [-0.39, 0.29) is 11.2 Å². The second-order valence-corrected chi connectivity index (χ2v) is 8.91. The van der Waals surface area contributed by atoms with Gasteiger partial charge in [-0.1, -0.05) is 48.5 Å². The highest BCUT2D eigenvalue weighted by Crippen LogP contribution is 2.43. The highest BCUT2D eigenvalue weighted by Gasteiger charge is 2.30. The molecule has 1 N–H and O–H groups in total. The molecule has 1 saturated carbocycles. The second kappa shape index (κ2) is 7.42. The molecule has 2 aromatic rings. The fourth-order valence-corrected chi connectivity index (χ4v) is 3.61. The molecule has 0 aromatic carbocycles. The van der Waals surface area contributed by atoms with Crippen molar-refractivity contribution in [1.29, 1.82) is 0 Å². The van der Waals surface area contributed by atoms with E-state index in [0.29, 0.717) is 22.4 Å². The van der Waals surface area contributed by atoms with Gasteiger partial charge in [-0.05, 0) is 42.6 Å². The largest absolute Gasteiger partial charge is 0.475 e. The Bertz CT molecular complexity index is 771. The van der Waals surface area contributed by atoms with Crippen molar-refractivity contribution in [3.05, 3.63) is 29.2 Å². The minimum Gasteiger partial charge on any atom is -0.475 e. The van der Waals surface area contributed by atoms with Crippen molar-refractivity contribution in [3.63, 3.8) is 0 Å². The number of hydrogen-bond donors (Lipinski definition) is 1. The van der Waals surface area contributed by atoms with Gasteiger partial charge in [-0.2, -0.15) is 0 Å². The number of fused-ring (bicyclic) bond motifs is 1. The van der Waals surface area contributed by atoms with Crippen LogP contribution in [0.15, 0.2) is 16.5 Å². The number of carbonyl (C=O) groups is 1. The van der Waals surface area contributed by atoms with E-state index in [0.717, 1.165) is 24.1 Å². The van der Waals surface area contributed by atoms with Crippen molar-refractivity contribution < 1.29 is 14.3 Å². The number of carboxylic acid groups (broad SMARTS) is 1. The molecule has 0 amide bonds. The molecule has 0 spiro atoms. The summed E-state index contributed by atoms with van der Waals surface area (Å²) >= 11 is 0. The Morgan fingerprint density at radius 1 is 1.19 bits per heavy atom. The number of nitrogens with zero attached hydrogens (tertiary/aromatic N) is 1. The highest BCUT2D eigenvalue weighted by atomic mass is 16.4. The number of hydrogen-bond acceptors (Lipinski definition) is 3. The Morgan fingerprint density at radius 3 is 2.27 bits per heavy atom. The van der Waals surface area contributed by atoms with E-state index in [1.165, 1.54) is 12.8 Å². The number of rotatable bonds is 2. The average Bonchev–Trinajstić information content (AvgIpc) is 2.99. The maximum absolute atomic E-state index is 11.3. The van der Waals surface area contributed by atoms with Crippen LogP contribution < -0.4 is 0 Å². The molecule has 1 aliphatic rings. The van der Waals surface area contributed by atoms with Gasteiger partial charge < -0.3 is 9.52 Å². The predicted octanol–water partition coefficient (Wildman–Crippen LogP) is 6.53. The smallest absolute Gasteiger partial charge is 0.371 e. The van der Waals surface area contributed by atoms with Crippen molar-refractivity contribution >= 4 is 17.1 Å². The highest BCUT2D eigenvalue weighted by molar-refractivity contribution is 5.91. The summed E-state index contributed by atoms with van der Waals surface area (Å²) in [6, 6.07) is 3.70. The van der Waals surface area contributed by atoms with Crippen LogP contribution >= 0.6 is 0 Å². The molecule has 3 rings (SSSR count). The monoisotopic (exact) mass is 359 g/mol. The molecular weight excluding hydrogens is 326 g/mol. The molecule has 0 bridgehead atoms. The molecular formula is C22H33NO3. The third-order valence-electron chi connectivity index (χ3n) is 5.28. The number of carboxylic acids is 1. The topological polar surface area (TPSA) is 63.3 Å². The van der Waals surface area contributed by atoms with Crippen molar-refractivity contribution in [2.45, 2.75) is 85.5 Å². The summed E-state index contributed by atoms with van der Waals surface area (Å²) in [6.07, 6.45) is 4.68. The standard InChI is InChI=1S/C20H27NO3.C2H6/c1-19(2,3)13-10-14(12-6-8-20(4,5)9-7-12)21-15-11-16(18(22)23)24-17(13)15;1-2/h10-12H,6-9H2,1-5H3,(H,22,23);1-2H3. The molecule has 1 aliphatic carbocycles. The van der Waals surface area contributed by atoms with Crippen LogP contribution in [0.4, 0.5) is 0 Å². The molecule has 0 atom stereocenters. The van der Waals surface area contributed by atoms with Crippen molar-refractivity contribution in [2.75, 3.05) is 0 Å². The zero-order chi connectivity index (χ0) is 19.7. The van der Waals surface area contributed by atoms with E-state index >= 15 is 0 Å². The van der Waals surface area contributed by atoms with Gasteiger partial charge in [0.1, 0.15) is 5.52 Å². The molecule has 0 unspecified atom stereocenters. The lowest BCUT2D eigenvalue weighted by atomic mass is 9.72. The van der Waals surface area contributed by atoms with Gasteiger partial charge >= 0.3 is 5.97 Å². The van der Waals surface area contributed by atoms with E-state index in [2.05, 4.69) is 40.7 Å². The summed E-state index contributed by atoms with van der Waals surface area (Å²) in [5.74, 6) is -0.634. The molecule has 0 radical (unpaired) electrons. The molecule has 26 heavy (non-hydrogen) atoms. The van der Waals surface area contributed by atoms with Gasteiger partial charge in [-0.15, -0.1) is 0 Å². The van der Waals surface area contributed by atoms with Gasteiger partial charge in [0, 0.05) is 23.2 Å². The van der Waals surface area contributed by atoms with Gasteiger partial charge in [0.2, 0.25) is 5.76 Å². The molecule has 2 aromatic heterocycles. The number of furan rings is 1. The Kier molecular flexibility index (Phi) is 5.84. The van der Waals surface area contributed by atoms with Crippen LogP contribution in [0.1, 0.15) is 102 Å². The lowest BCUT2D eigenvalue weighted by Crippen LogP contribution is -2.21. The lowest BCUT2D eigenvalue weighted by molar-refractivity contribution is 0.0665. The normalized spacial score (nSPS) is 17.7.